The molecule has 1 aliphatic rings. The fraction of sp³-hybridized carbons (Fsp3) is 0.174. The van der Waals surface area contributed by atoms with Gasteiger partial charge in [0.25, 0.3) is 0 Å². The third-order valence-corrected chi connectivity index (χ3v) is 6.71. The zero-order chi connectivity index (χ0) is 21.6. The molecule has 0 aliphatic heterocycles. The van der Waals surface area contributed by atoms with Gasteiger partial charge < -0.3 is 0 Å². The normalized spacial score (nSPS) is 13.4. The van der Waals surface area contributed by atoms with Crippen LogP contribution in [0.4, 0.5) is 0 Å². The highest BCUT2D eigenvalue weighted by Gasteiger charge is 2.25. The number of aryl methyl sites for hydroxylation is 3. The second-order valence-corrected chi connectivity index (χ2v) is 9.41. The number of benzene rings is 3. The van der Waals surface area contributed by atoms with E-state index >= 15 is 0 Å². The van der Waals surface area contributed by atoms with Gasteiger partial charge in [-0.15, -0.1) is 10.2 Å². The van der Waals surface area contributed by atoms with Crippen LogP contribution in [-0.2, 0) is 22.9 Å². The van der Waals surface area contributed by atoms with Gasteiger partial charge in [0.15, 0.2) is 0 Å². The number of hydrogen-bond acceptors (Lipinski definition) is 5. The van der Waals surface area contributed by atoms with Crippen molar-refractivity contribution in [3.63, 3.8) is 0 Å². The van der Waals surface area contributed by atoms with Gasteiger partial charge in [-0.2, -0.15) is 5.21 Å². The number of hydrogen-bond donors (Lipinski definition) is 2. The van der Waals surface area contributed by atoms with Crippen molar-refractivity contribution in [3.05, 3.63) is 71.3 Å². The molecule has 3 aromatic carbocycles. The average Bonchev–Trinajstić information content (AvgIpc) is 3.44. The molecule has 1 aromatic heterocycles. The van der Waals surface area contributed by atoms with Gasteiger partial charge in [0.05, 0.1) is 10.5 Å². The first-order valence-electron chi connectivity index (χ1n) is 10.0. The number of nitrogens with one attached hydrogen (secondary N) is 1. The van der Waals surface area contributed by atoms with Crippen LogP contribution in [0.2, 0.25) is 0 Å². The zero-order valence-electron chi connectivity index (χ0n) is 17.0. The van der Waals surface area contributed by atoms with Gasteiger partial charge in [0, 0.05) is 0 Å². The van der Waals surface area contributed by atoms with Crippen LogP contribution in [0.3, 0.4) is 0 Å². The highest BCUT2D eigenvalue weighted by Crippen LogP contribution is 2.39. The summed E-state index contributed by atoms with van der Waals surface area (Å²) < 4.78 is 25.3. The number of rotatable bonds is 4. The first-order chi connectivity index (χ1) is 14.9. The molecule has 1 aliphatic carbocycles. The van der Waals surface area contributed by atoms with E-state index in [1.807, 2.05) is 43.3 Å². The summed E-state index contributed by atoms with van der Waals surface area (Å²) in [6.07, 6.45) is 3.27. The molecule has 31 heavy (non-hydrogen) atoms. The van der Waals surface area contributed by atoms with Crippen molar-refractivity contribution in [3.8, 4) is 33.6 Å². The minimum absolute atomic E-state index is 0.0255. The van der Waals surface area contributed by atoms with Gasteiger partial charge in [-0.1, -0.05) is 48.0 Å². The summed E-state index contributed by atoms with van der Waals surface area (Å²) >= 11 is 0. The molecule has 156 valence electrons. The van der Waals surface area contributed by atoms with Crippen molar-refractivity contribution in [2.24, 2.45) is 5.14 Å². The van der Waals surface area contributed by atoms with Crippen LogP contribution in [0.1, 0.15) is 23.1 Å². The van der Waals surface area contributed by atoms with Crippen molar-refractivity contribution in [1.82, 2.24) is 20.6 Å². The number of tetrazole rings is 1. The SMILES string of the molecule is Cc1ccc(-c2cc(-c3ccc4c(c3)CCC4)cc(S(N)(=O)=O)c2-c2nn[nH]n2)cc1. The number of fused-ring (bicyclic) bond motifs is 1. The summed E-state index contributed by atoms with van der Waals surface area (Å²) in [7, 11) is -4.06. The van der Waals surface area contributed by atoms with Crippen LogP contribution < -0.4 is 5.14 Å². The van der Waals surface area contributed by atoms with E-state index in [1.165, 1.54) is 11.1 Å². The number of H-pyrrole nitrogens is 1. The molecule has 0 unspecified atom stereocenters. The minimum Gasteiger partial charge on any atom is -0.225 e. The number of nitrogens with zero attached hydrogens (tertiary/aromatic N) is 3. The topological polar surface area (TPSA) is 115 Å². The molecular formula is C23H21N5O2S. The van der Waals surface area contributed by atoms with Crippen LogP contribution in [-0.4, -0.2) is 29.0 Å². The molecule has 0 spiro atoms. The molecule has 4 aromatic rings. The first kappa shape index (κ1) is 19.6. The maximum absolute atomic E-state index is 12.6. The fourth-order valence-corrected chi connectivity index (χ4v) is 4.99. The van der Waals surface area contributed by atoms with Gasteiger partial charge in [-0.25, -0.2) is 13.6 Å². The maximum atomic E-state index is 12.6. The van der Waals surface area contributed by atoms with E-state index in [9.17, 15) is 8.42 Å². The number of sulfonamides is 1. The standard InChI is InChI=1S/C23H21N5O2S/c1-14-5-7-16(8-6-14)20-12-19(18-10-9-15-3-2-4-17(15)11-18)13-21(31(24,29)30)22(20)23-25-27-28-26-23/h5-13H,2-4H2,1H3,(H2,24,29,30)(H,25,26,27,28). The molecule has 1 heterocycles. The molecule has 0 bridgehead atoms. The molecule has 0 saturated heterocycles. The van der Waals surface area contributed by atoms with E-state index in [2.05, 4.69) is 32.8 Å². The molecule has 0 saturated carbocycles. The molecule has 0 amide bonds. The average molecular weight is 432 g/mol. The lowest BCUT2D eigenvalue weighted by Gasteiger charge is -2.15. The quantitative estimate of drug-likeness (QED) is 0.512. The Morgan fingerprint density at radius 3 is 2.35 bits per heavy atom. The summed E-state index contributed by atoms with van der Waals surface area (Å²) in [5, 5.41) is 19.8. The lowest BCUT2D eigenvalue weighted by Crippen LogP contribution is -2.14. The molecular weight excluding hydrogens is 410 g/mol. The Morgan fingerprint density at radius 2 is 1.65 bits per heavy atom. The molecule has 0 radical (unpaired) electrons. The molecule has 3 N–H and O–H groups in total. The van der Waals surface area contributed by atoms with E-state index in [1.54, 1.807) is 6.07 Å². The smallest absolute Gasteiger partial charge is 0.225 e. The Morgan fingerprint density at radius 1 is 0.903 bits per heavy atom. The zero-order valence-corrected chi connectivity index (χ0v) is 17.8. The Hall–Kier alpha value is -3.36. The third kappa shape index (κ3) is 3.64. The highest BCUT2D eigenvalue weighted by atomic mass is 32.2. The maximum Gasteiger partial charge on any atom is 0.238 e. The minimum atomic E-state index is -4.06. The first-order valence-corrected chi connectivity index (χ1v) is 11.6. The molecule has 0 atom stereocenters. The van der Waals surface area contributed by atoms with Crippen molar-refractivity contribution in [1.29, 1.82) is 0 Å². The number of aromatic amines is 1. The van der Waals surface area contributed by atoms with Crippen LogP contribution in [0.25, 0.3) is 33.6 Å². The van der Waals surface area contributed by atoms with Crippen molar-refractivity contribution < 1.29 is 8.42 Å². The number of primary sulfonamides is 1. The Labute approximate surface area is 180 Å². The van der Waals surface area contributed by atoms with E-state index in [4.69, 9.17) is 5.14 Å². The van der Waals surface area contributed by atoms with Gasteiger partial charge in [0.2, 0.25) is 15.8 Å². The van der Waals surface area contributed by atoms with E-state index in [0.29, 0.717) is 11.1 Å². The van der Waals surface area contributed by atoms with E-state index in [-0.39, 0.29) is 10.7 Å². The summed E-state index contributed by atoms with van der Waals surface area (Å²) in [5.41, 5.74) is 7.38. The van der Waals surface area contributed by atoms with E-state index in [0.717, 1.165) is 41.5 Å². The number of aromatic nitrogens is 4. The van der Waals surface area contributed by atoms with Crippen molar-refractivity contribution in [2.45, 2.75) is 31.1 Å². The predicted octanol–water partition coefficient (Wildman–Crippen LogP) is 3.65. The lowest BCUT2D eigenvalue weighted by molar-refractivity contribution is 0.598. The van der Waals surface area contributed by atoms with Crippen LogP contribution >= 0.6 is 0 Å². The third-order valence-electron chi connectivity index (χ3n) is 5.77. The number of nitrogens with two attached hydrogens (primary N) is 1. The summed E-state index contributed by atoms with van der Waals surface area (Å²) in [5.74, 6) is 0.181. The summed E-state index contributed by atoms with van der Waals surface area (Å²) in [6, 6.07) is 17.8. The van der Waals surface area contributed by atoms with Crippen LogP contribution in [0.15, 0.2) is 59.5 Å². The van der Waals surface area contributed by atoms with Gasteiger partial charge in [0.1, 0.15) is 0 Å². The molecule has 5 rings (SSSR count). The van der Waals surface area contributed by atoms with Crippen molar-refractivity contribution >= 4 is 10.0 Å². The van der Waals surface area contributed by atoms with Crippen LogP contribution in [0, 0.1) is 6.92 Å². The van der Waals surface area contributed by atoms with Crippen molar-refractivity contribution in [2.75, 3.05) is 0 Å². The predicted molar refractivity (Wildman–Crippen MR) is 119 cm³/mol. The molecule has 7 nitrogen and oxygen atoms in total. The summed E-state index contributed by atoms with van der Waals surface area (Å²) in [4.78, 5) is -0.0255. The lowest BCUT2D eigenvalue weighted by atomic mass is 9.92. The second-order valence-electron chi connectivity index (χ2n) is 7.88. The largest absolute Gasteiger partial charge is 0.238 e. The van der Waals surface area contributed by atoms with E-state index < -0.39 is 10.0 Å². The van der Waals surface area contributed by atoms with Crippen LogP contribution in [0.5, 0.6) is 0 Å². The Balaban J connectivity index is 1.82. The van der Waals surface area contributed by atoms with Gasteiger partial charge in [-0.3, -0.25) is 0 Å². The van der Waals surface area contributed by atoms with Gasteiger partial charge >= 0.3 is 0 Å². The highest BCUT2D eigenvalue weighted by molar-refractivity contribution is 7.89. The summed E-state index contributed by atoms with van der Waals surface area (Å²) in [6.45, 7) is 2.00. The Kier molecular flexibility index (Phi) is 4.68. The fourth-order valence-electron chi connectivity index (χ4n) is 4.22. The van der Waals surface area contributed by atoms with Gasteiger partial charge in [-0.05, 0) is 76.9 Å². The molecule has 0 fully saturated rings. The second kappa shape index (κ2) is 7.40. The molecule has 8 heteroatoms. The Bertz CT molecular complexity index is 1380. The monoisotopic (exact) mass is 431 g/mol.